The van der Waals surface area contributed by atoms with Gasteiger partial charge in [0, 0.05) is 26.4 Å². The first-order valence-electron chi connectivity index (χ1n) is 4.47. The maximum Gasteiger partial charge on any atom is 0.195 e. The Morgan fingerprint density at radius 3 is 2.69 bits per heavy atom. The third-order valence-corrected chi connectivity index (χ3v) is 2.34. The van der Waals surface area contributed by atoms with Crippen molar-refractivity contribution in [3.8, 4) is 5.88 Å². The van der Waals surface area contributed by atoms with Gasteiger partial charge in [-0.05, 0) is 13.0 Å². The quantitative estimate of drug-likeness (QED) is 0.687. The molecule has 0 spiro atoms. The SMILES string of the molecule is CCOc1cc2c(ccn2C)n1C. The highest BCUT2D eigenvalue weighted by atomic mass is 16.5. The molecule has 0 saturated heterocycles. The Morgan fingerprint density at radius 1 is 1.31 bits per heavy atom. The Morgan fingerprint density at radius 2 is 2.08 bits per heavy atom. The van der Waals surface area contributed by atoms with Gasteiger partial charge in [-0.15, -0.1) is 0 Å². The summed E-state index contributed by atoms with van der Waals surface area (Å²) in [6.07, 6.45) is 2.06. The fraction of sp³-hybridized carbons (Fsp3) is 0.400. The second-order valence-corrected chi connectivity index (χ2v) is 3.17. The molecule has 0 N–H and O–H groups in total. The molecule has 0 atom stereocenters. The van der Waals surface area contributed by atoms with Gasteiger partial charge in [0.15, 0.2) is 5.88 Å². The molecule has 3 heteroatoms. The first kappa shape index (κ1) is 8.23. The minimum absolute atomic E-state index is 0.712. The van der Waals surface area contributed by atoms with Crippen molar-refractivity contribution in [3.05, 3.63) is 18.3 Å². The van der Waals surface area contributed by atoms with Crippen molar-refractivity contribution in [2.24, 2.45) is 14.1 Å². The normalized spacial score (nSPS) is 11.0. The molecule has 70 valence electrons. The first-order valence-corrected chi connectivity index (χ1v) is 4.47. The van der Waals surface area contributed by atoms with Gasteiger partial charge in [0.2, 0.25) is 0 Å². The van der Waals surface area contributed by atoms with Crippen molar-refractivity contribution in [1.82, 2.24) is 9.13 Å². The molecule has 0 aliphatic heterocycles. The molecule has 2 rings (SSSR count). The van der Waals surface area contributed by atoms with Crippen LogP contribution in [0, 0.1) is 0 Å². The summed E-state index contributed by atoms with van der Waals surface area (Å²) in [5.74, 6) is 0.934. The average molecular weight is 178 g/mol. The van der Waals surface area contributed by atoms with Gasteiger partial charge in [-0.3, -0.25) is 0 Å². The molecule has 0 aliphatic carbocycles. The van der Waals surface area contributed by atoms with Gasteiger partial charge >= 0.3 is 0 Å². The van der Waals surface area contributed by atoms with Gasteiger partial charge in [0.1, 0.15) is 0 Å². The molecule has 3 nitrogen and oxygen atoms in total. The lowest BCUT2D eigenvalue weighted by Gasteiger charge is -2.02. The van der Waals surface area contributed by atoms with Gasteiger partial charge in [0.25, 0.3) is 0 Å². The van der Waals surface area contributed by atoms with E-state index in [4.69, 9.17) is 4.74 Å². The monoisotopic (exact) mass is 178 g/mol. The number of nitrogens with zero attached hydrogens (tertiary/aromatic N) is 2. The lowest BCUT2D eigenvalue weighted by molar-refractivity contribution is 0.317. The second kappa shape index (κ2) is 2.83. The van der Waals surface area contributed by atoms with Crippen LogP contribution in [0.1, 0.15) is 6.92 Å². The third-order valence-electron chi connectivity index (χ3n) is 2.34. The van der Waals surface area contributed by atoms with Crippen LogP contribution >= 0.6 is 0 Å². The summed E-state index contributed by atoms with van der Waals surface area (Å²) in [4.78, 5) is 0. The number of aryl methyl sites for hydroxylation is 2. The molecular formula is C10H14N2O. The predicted octanol–water partition coefficient (Wildman–Crippen LogP) is 1.92. The van der Waals surface area contributed by atoms with E-state index in [1.807, 2.05) is 21.0 Å². The largest absolute Gasteiger partial charge is 0.479 e. The highest BCUT2D eigenvalue weighted by Gasteiger charge is 2.07. The van der Waals surface area contributed by atoms with Gasteiger partial charge in [0.05, 0.1) is 17.6 Å². The van der Waals surface area contributed by atoms with Gasteiger partial charge in [-0.2, -0.15) is 0 Å². The van der Waals surface area contributed by atoms with E-state index in [9.17, 15) is 0 Å². The molecular weight excluding hydrogens is 164 g/mol. The minimum atomic E-state index is 0.712. The van der Waals surface area contributed by atoms with Crippen LogP contribution in [0.25, 0.3) is 11.0 Å². The van der Waals surface area contributed by atoms with Crippen LogP contribution in [-0.4, -0.2) is 15.7 Å². The molecule has 0 radical (unpaired) electrons. The second-order valence-electron chi connectivity index (χ2n) is 3.17. The van der Waals surface area contributed by atoms with Crippen LogP contribution in [0.5, 0.6) is 5.88 Å². The smallest absolute Gasteiger partial charge is 0.195 e. The molecule has 0 aromatic carbocycles. The van der Waals surface area contributed by atoms with Gasteiger partial charge in [-0.25, -0.2) is 0 Å². The zero-order valence-corrected chi connectivity index (χ0v) is 8.24. The molecule has 0 aliphatic rings. The molecule has 0 amide bonds. The van der Waals surface area contributed by atoms with Crippen molar-refractivity contribution in [2.75, 3.05) is 6.61 Å². The summed E-state index contributed by atoms with van der Waals surface area (Å²) in [6.45, 7) is 2.71. The Labute approximate surface area is 77.5 Å². The van der Waals surface area contributed by atoms with Crippen LogP contribution in [0.15, 0.2) is 18.3 Å². The van der Waals surface area contributed by atoms with E-state index in [0.29, 0.717) is 6.61 Å². The minimum Gasteiger partial charge on any atom is -0.479 e. The molecule has 0 bridgehead atoms. The Hall–Kier alpha value is -1.38. The summed E-state index contributed by atoms with van der Waals surface area (Å²) in [5.41, 5.74) is 2.43. The summed E-state index contributed by atoms with van der Waals surface area (Å²) >= 11 is 0. The molecule has 0 fully saturated rings. The molecule has 2 aromatic rings. The Kier molecular flexibility index (Phi) is 1.79. The average Bonchev–Trinajstić information content (AvgIpc) is 2.59. The number of hydrogen-bond acceptors (Lipinski definition) is 1. The molecule has 2 aromatic heterocycles. The van der Waals surface area contributed by atoms with Crippen molar-refractivity contribution in [1.29, 1.82) is 0 Å². The van der Waals surface area contributed by atoms with Crippen LogP contribution in [-0.2, 0) is 14.1 Å². The number of ether oxygens (including phenoxy) is 1. The van der Waals surface area contributed by atoms with E-state index in [1.54, 1.807) is 0 Å². The fourth-order valence-corrected chi connectivity index (χ4v) is 1.61. The number of fused-ring (bicyclic) bond motifs is 1. The highest BCUT2D eigenvalue weighted by Crippen LogP contribution is 2.24. The number of rotatable bonds is 2. The fourth-order valence-electron chi connectivity index (χ4n) is 1.61. The molecule has 2 heterocycles. The van der Waals surface area contributed by atoms with E-state index in [2.05, 4.69) is 27.5 Å². The van der Waals surface area contributed by atoms with Crippen LogP contribution in [0.2, 0.25) is 0 Å². The van der Waals surface area contributed by atoms with Gasteiger partial charge < -0.3 is 13.9 Å². The lowest BCUT2D eigenvalue weighted by atomic mass is 10.5. The first-order chi connectivity index (χ1) is 6.24. The van der Waals surface area contributed by atoms with E-state index >= 15 is 0 Å². The van der Waals surface area contributed by atoms with E-state index in [0.717, 1.165) is 5.88 Å². The van der Waals surface area contributed by atoms with Crippen LogP contribution < -0.4 is 4.74 Å². The van der Waals surface area contributed by atoms with Crippen molar-refractivity contribution < 1.29 is 4.74 Å². The predicted molar refractivity (Wildman–Crippen MR) is 53.1 cm³/mol. The third kappa shape index (κ3) is 1.11. The van der Waals surface area contributed by atoms with Crippen molar-refractivity contribution >= 4 is 11.0 Å². The zero-order valence-electron chi connectivity index (χ0n) is 8.24. The summed E-state index contributed by atoms with van der Waals surface area (Å²) in [5, 5.41) is 0. The number of aromatic nitrogens is 2. The Balaban J connectivity index is 2.60. The van der Waals surface area contributed by atoms with Gasteiger partial charge in [-0.1, -0.05) is 0 Å². The molecule has 13 heavy (non-hydrogen) atoms. The van der Waals surface area contributed by atoms with Crippen LogP contribution in [0.4, 0.5) is 0 Å². The standard InChI is InChI=1S/C10H14N2O/c1-4-13-10-7-9-8(12(10)3)5-6-11(9)2/h5-7H,4H2,1-3H3. The van der Waals surface area contributed by atoms with Crippen molar-refractivity contribution in [3.63, 3.8) is 0 Å². The molecule has 0 saturated carbocycles. The Bertz CT molecular complexity index is 425. The topological polar surface area (TPSA) is 19.1 Å². The van der Waals surface area contributed by atoms with E-state index in [-0.39, 0.29) is 0 Å². The van der Waals surface area contributed by atoms with Crippen molar-refractivity contribution in [2.45, 2.75) is 6.92 Å². The van der Waals surface area contributed by atoms with E-state index < -0.39 is 0 Å². The lowest BCUT2D eigenvalue weighted by Crippen LogP contribution is -1.97. The van der Waals surface area contributed by atoms with Crippen LogP contribution in [0.3, 0.4) is 0 Å². The summed E-state index contributed by atoms with van der Waals surface area (Å²) in [7, 11) is 4.06. The maximum atomic E-state index is 5.48. The highest BCUT2D eigenvalue weighted by molar-refractivity contribution is 5.79. The molecule has 0 unspecified atom stereocenters. The summed E-state index contributed by atoms with van der Waals surface area (Å²) in [6, 6.07) is 4.16. The summed E-state index contributed by atoms with van der Waals surface area (Å²) < 4.78 is 9.65. The zero-order chi connectivity index (χ0) is 9.42. The number of hydrogen-bond donors (Lipinski definition) is 0. The van der Waals surface area contributed by atoms with E-state index in [1.165, 1.54) is 11.0 Å². The maximum absolute atomic E-state index is 5.48.